The first-order valence-corrected chi connectivity index (χ1v) is 4.67. The van der Waals surface area contributed by atoms with E-state index >= 15 is 0 Å². The lowest BCUT2D eigenvalue weighted by molar-refractivity contribution is 0.104. The Morgan fingerprint density at radius 1 is 1.15 bits per heavy atom. The molecule has 0 spiro atoms. The molecule has 0 amide bonds. The summed E-state index contributed by atoms with van der Waals surface area (Å²) in [6.07, 6.45) is 6.84. The van der Waals surface area contributed by atoms with Crippen molar-refractivity contribution in [2.24, 2.45) is 0 Å². The summed E-state index contributed by atoms with van der Waals surface area (Å²) in [6, 6.07) is 7.88. The van der Waals surface area contributed by atoms with Gasteiger partial charge >= 0.3 is 0 Å². The number of carbonyl (C=O) groups is 1. The molecule has 0 aliphatic heterocycles. The average Bonchev–Trinajstić information content (AvgIpc) is 2.14. The van der Waals surface area contributed by atoms with E-state index in [9.17, 15) is 4.79 Å². The lowest BCUT2D eigenvalue weighted by Gasteiger charge is -2.08. The van der Waals surface area contributed by atoms with Gasteiger partial charge in [0.05, 0.1) is 0 Å². The van der Waals surface area contributed by atoms with Gasteiger partial charge in [0.25, 0.3) is 0 Å². The highest BCUT2D eigenvalue weighted by Crippen LogP contribution is 2.15. The maximum atomic E-state index is 11.6. The van der Waals surface area contributed by atoms with Gasteiger partial charge in [-0.15, -0.1) is 0 Å². The lowest BCUT2D eigenvalue weighted by atomic mass is 9.96. The van der Waals surface area contributed by atoms with Crippen LogP contribution in [0.4, 0.5) is 0 Å². The minimum Gasteiger partial charge on any atom is -0.289 e. The molecule has 1 aliphatic rings. The highest BCUT2D eigenvalue weighted by atomic mass is 16.1. The molecule has 0 bridgehead atoms. The van der Waals surface area contributed by atoms with Gasteiger partial charge in [0.1, 0.15) is 0 Å². The number of benzene rings is 1. The molecule has 0 N–H and O–H groups in total. The third kappa shape index (κ3) is 1.69. The Balaban J connectivity index is 2.46. The van der Waals surface area contributed by atoms with E-state index in [-0.39, 0.29) is 5.78 Å². The van der Waals surface area contributed by atoms with Gasteiger partial charge in [0, 0.05) is 5.56 Å². The molecule has 0 aromatic heterocycles. The molecule has 0 saturated carbocycles. The molecule has 2 rings (SSSR count). The molecular formula is C12H12O. The van der Waals surface area contributed by atoms with Crippen LogP contribution in [-0.4, -0.2) is 5.78 Å². The van der Waals surface area contributed by atoms with E-state index in [0.29, 0.717) is 0 Å². The average molecular weight is 172 g/mol. The minimum absolute atomic E-state index is 0.148. The van der Waals surface area contributed by atoms with Crippen molar-refractivity contribution in [3.8, 4) is 0 Å². The molecule has 0 radical (unpaired) electrons. The number of rotatable bonds is 0. The van der Waals surface area contributed by atoms with E-state index in [4.69, 9.17) is 0 Å². The molecule has 0 saturated heterocycles. The van der Waals surface area contributed by atoms with Crippen molar-refractivity contribution in [2.45, 2.75) is 19.3 Å². The number of hydrogen-bond donors (Lipinski definition) is 0. The summed E-state index contributed by atoms with van der Waals surface area (Å²) in [5.74, 6) is 0.148. The SMILES string of the molecule is O=C1/C=C\CCCc2ccccc21. The number of allylic oxidation sites excluding steroid dienone is 2. The topological polar surface area (TPSA) is 17.1 Å². The van der Waals surface area contributed by atoms with Gasteiger partial charge in [-0.1, -0.05) is 30.3 Å². The monoisotopic (exact) mass is 172 g/mol. The van der Waals surface area contributed by atoms with E-state index in [1.807, 2.05) is 30.3 Å². The Morgan fingerprint density at radius 3 is 2.92 bits per heavy atom. The molecule has 0 fully saturated rings. The van der Waals surface area contributed by atoms with Crippen LogP contribution in [-0.2, 0) is 6.42 Å². The number of ketones is 1. The minimum atomic E-state index is 0.148. The molecular weight excluding hydrogens is 160 g/mol. The van der Waals surface area contributed by atoms with Crippen molar-refractivity contribution in [1.29, 1.82) is 0 Å². The second kappa shape index (κ2) is 3.56. The fourth-order valence-electron chi connectivity index (χ4n) is 1.67. The first-order chi connectivity index (χ1) is 6.38. The van der Waals surface area contributed by atoms with E-state index < -0.39 is 0 Å². The van der Waals surface area contributed by atoms with E-state index in [0.717, 1.165) is 24.8 Å². The van der Waals surface area contributed by atoms with Crippen LogP contribution in [0.5, 0.6) is 0 Å². The smallest absolute Gasteiger partial charge is 0.185 e. The number of carbonyl (C=O) groups excluding carboxylic acids is 1. The number of fused-ring (bicyclic) bond motifs is 1. The molecule has 1 aromatic rings. The van der Waals surface area contributed by atoms with Gasteiger partial charge in [0.15, 0.2) is 5.78 Å². The number of aryl methyl sites for hydroxylation is 1. The Bertz CT molecular complexity index is 350. The molecule has 0 heterocycles. The summed E-state index contributed by atoms with van der Waals surface area (Å²) >= 11 is 0. The maximum absolute atomic E-state index is 11.6. The van der Waals surface area contributed by atoms with Crippen LogP contribution in [0, 0.1) is 0 Å². The van der Waals surface area contributed by atoms with Gasteiger partial charge in [-0.25, -0.2) is 0 Å². The molecule has 1 heteroatoms. The molecule has 1 nitrogen and oxygen atoms in total. The first kappa shape index (κ1) is 8.24. The van der Waals surface area contributed by atoms with Gasteiger partial charge < -0.3 is 0 Å². The third-order valence-corrected chi connectivity index (χ3v) is 2.37. The van der Waals surface area contributed by atoms with E-state index in [1.54, 1.807) is 6.08 Å². The van der Waals surface area contributed by atoms with Crippen LogP contribution in [0.1, 0.15) is 28.8 Å². The first-order valence-electron chi connectivity index (χ1n) is 4.67. The van der Waals surface area contributed by atoms with Gasteiger partial charge in [-0.05, 0) is 30.9 Å². The Labute approximate surface area is 78.1 Å². The molecule has 0 atom stereocenters. The van der Waals surface area contributed by atoms with Crippen molar-refractivity contribution in [3.05, 3.63) is 47.5 Å². The predicted molar refractivity (Wildman–Crippen MR) is 52.9 cm³/mol. The van der Waals surface area contributed by atoms with Crippen molar-refractivity contribution in [1.82, 2.24) is 0 Å². The van der Waals surface area contributed by atoms with Crippen molar-refractivity contribution in [2.75, 3.05) is 0 Å². The zero-order valence-corrected chi connectivity index (χ0v) is 7.49. The zero-order chi connectivity index (χ0) is 9.10. The number of hydrogen-bond acceptors (Lipinski definition) is 1. The van der Waals surface area contributed by atoms with Crippen molar-refractivity contribution < 1.29 is 4.79 Å². The van der Waals surface area contributed by atoms with Crippen LogP contribution >= 0.6 is 0 Å². The quantitative estimate of drug-likeness (QED) is 0.588. The second-order valence-corrected chi connectivity index (χ2v) is 3.32. The molecule has 1 aliphatic carbocycles. The van der Waals surface area contributed by atoms with Crippen LogP contribution < -0.4 is 0 Å². The molecule has 0 unspecified atom stereocenters. The Hall–Kier alpha value is -1.37. The summed E-state index contributed by atoms with van der Waals surface area (Å²) < 4.78 is 0. The summed E-state index contributed by atoms with van der Waals surface area (Å²) in [4.78, 5) is 11.6. The largest absolute Gasteiger partial charge is 0.289 e. The lowest BCUT2D eigenvalue weighted by Crippen LogP contribution is -2.02. The van der Waals surface area contributed by atoms with Crippen molar-refractivity contribution >= 4 is 5.78 Å². The zero-order valence-electron chi connectivity index (χ0n) is 7.49. The van der Waals surface area contributed by atoms with Crippen LogP contribution in [0.2, 0.25) is 0 Å². The predicted octanol–water partition coefficient (Wildman–Crippen LogP) is 2.76. The van der Waals surface area contributed by atoms with Crippen LogP contribution in [0.15, 0.2) is 36.4 Å². The van der Waals surface area contributed by atoms with Gasteiger partial charge in [-0.3, -0.25) is 4.79 Å². The summed E-state index contributed by atoms with van der Waals surface area (Å²) in [6.45, 7) is 0. The van der Waals surface area contributed by atoms with Gasteiger partial charge in [-0.2, -0.15) is 0 Å². The van der Waals surface area contributed by atoms with Gasteiger partial charge in [0.2, 0.25) is 0 Å². The highest BCUT2D eigenvalue weighted by molar-refractivity contribution is 6.05. The fraction of sp³-hybridized carbons (Fsp3) is 0.250. The Kier molecular flexibility index (Phi) is 2.26. The molecule has 1 aromatic carbocycles. The summed E-state index contributed by atoms with van der Waals surface area (Å²) in [5, 5.41) is 0. The maximum Gasteiger partial charge on any atom is 0.185 e. The summed E-state index contributed by atoms with van der Waals surface area (Å²) in [7, 11) is 0. The van der Waals surface area contributed by atoms with Crippen molar-refractivity contribution in [3.63, 3.8) is 0 Å². The molecule has 13 heavy (non-hydrogen) atoms. The molecule has 66 valence electrons. The standard InChI is InChI=1S/C12H12O/c13-12-9-3-1-2-6-10-7-4-5-8-11(10)12/h3-5,7-9H,1-2,6H2/b9-3-. The van der Waals surface area contributed by atoms with E-state index in [2.05, 4.69) is 0 Å². The highest BCUT2D eigenvalue weighted by Gasteiger charge is 2.08. The Morgan fingerprint density at radius 2 is 2.00 bits per heavy atom. The van der Waals surface area contributed by atoms with E-state index in [1.165, 1.54) is 5.56 Å². The van der Waals surface area contributed by atoms with Crippen LogP contribution in [0.25, 0.3) is 0 Å². The second-order valence-electron chi connectivity index (χ2n) is 3.32. The third-order valence-electron chi connectivity index (χ3n) is 2.37. The summed E-state index contributed by atoms with van der Waals surface area (Å²) in [5.41, 5.74) is 2.07. The van der Waals surface area contributed by atoms with Crippen LogP contribution in [0.3, 0.4) is 0 Å². The normalized spacial score (nSPS) is 18.6. The fourth-order valence-corrected chi connectivity index (χ4v) is 1.67.